The van der Waals surface area contributed by atoms with Gasteiger partial charge in [-0.15, -0.1) is 11.3 Å². The summed E-state index contributed by atoms with van der Waals surface area (Å²) in [6.45, 7) is 2.08. The zero-order valence-electron chi connectivity index (χ0n) is 15.2. The van der Waals surface area contributed by atoms with E-state index in [0.717, 1.165) is 23.6 Å². The molecule has 0 saturated heterocycles. The third-order valence-electron chi connectivity index (χ3n) is 4.58. The van der Waals surface area contributed by atoms with Gasteiger partial charge in [-0.25, -0.2) is 9.97 Å². The van der Waals surface area contributed by atoms with Crippen LogP contribution in [0.3, 0.4) is 0 Å². The monoisotopic (exact) mass is 433 g/mol. The second-order valence-electron chi connectivity index (χ2n) is 6.41. The molecule has 2 aromatic carbocycles. The molecule has 4 rings (SSSR count). The van der Waals surface area contributed by atoms with Crippen molar-refractivity contribution in [2.24, 2.45) is 0 Å². The Hall–Kier alpha value is -2.64. The van der Waals surface area contributed by atoms with Gasteiger partial charge < -0.3 is 5.32 Å². The quantitative estimate of drug-likeness (QED) is 0.366. The van der Waals surface area contributed by atoms with Crippen LogP contribution in [0.4, 0.5) is 24.7 Å². The van der Waals surface area contributed by atoms with Crippen molar-refractivity contribution in [3.05, 3.63) is 70.3 Å². The summed E-state index contributed by atoms with van der Waals surface area (Å²) in [5.41, 5.74) is 2.08. The SMILES string of the molecule is CCc1ccc(-c2csc3ncnc(Nc4ccc(Cl)cc4C(F)(F)F)c23)cc1. The molecule has 0 radical (unpaired) electrons. The molecule has 0 unspecified atom stereocenters. The second kappa shape index (κ2) is 7.65. The fourth-order valence-electron chi connectivity index (χ4n) is 3.09. The van der Waals surface area contributed by atoms with Crippen molar-refractivity contribution in [3.8, 4) is 11.1 Å². The van der Waals surface area contributed by atoms with Crippen LogP contribution in [0.2, 0.25) is 5.02 Å². The molecule has 1 N–H and O–H groups in total. The van der Waals surface area contributed by atoms with Gasteiger partial charge in [0.1, 0.15) is 17.0 Å². The maximum absolute atomic E-state index is 13.5. The van der Waals surface area contributed by atoms with Crippen LogP contribution in [0.1, 0.15) is 18.1 Å². The zero-order chi connectivity index (χ0) is 20.6. The van der Waals surface area contributed by atoms with Gasteiger partial charge in [0.2, 0.25) is 0 Å². The summed E-state index contributed by atoms with van der Waals surface area (Å²) in [5, 5.41) is 5.49. The van der Waals surface area contributed by atoms with E-state index in [4.69, 9.17) is 11.6 Å². The number of rotatable bonds is 4. The van der Waals surface area contributed by atoms with E-state index in [9.17, 15) is 13.2 Å². The van der Waals surface area contributed by atoms with Gasteiger partial charge in [0.25, 0.3) is 0 Å². The predicted octanol–water partition coefficient (Wildman–Crippen LogP) is 7.34. The average Bonchev–Trinajstić information content (AvgIpc) is 3.14. The number of aromatic nitrogens is 2. The Morgan fingerprint density at radius 1 is 1.07 bits per heavy atom. The van der Waals surface area contributed by atoms with E-state index < -0.39 is 11.7 Å². The number of alkyl halides is 3. The Balaban J connectivity index is 1.83. The van der Waals surface area contributed by atoms with E-state index in [1.165, 1.54) is 35.4 Å². The molecule has 0 aliphatic heterocycles. The standard InChI is InChI=1S/C21H15ClF3N3S/c1-2-12-3-5-13(6-4-12)15-10-29-20-18(15)19(26-11-27-20)28-17-8-7-14(22)9-16(17)21(23,24)25/h3-11H,2H2,1H3,(H,26,27,28). The number of hydrogen-bond donors (Lipinski definition) is 1. The summed E-state index contributed by atoms with van der Waals surface area (Å²) in [6.07, 6.45) is -2.28. The molecule has 148 valence electrons. The summed E-state index contributed by atoms with van der Waals surface area (Å²) in [4.78, 5) is 9.19. The number of fused-ring (bicyclic) bond motifs is 1. The Morgan fingerprint density at radius 2 is 1.83 bits per heavy atom. The number of thiophene rings is 1. The summed E-state index contributed by atoms with van der Waals surface area (Å²) < 4.78 is 40.4. The molecule has 0 amide bonds. The molecule has 0 bridgehead atoms. The maximum Gasteiger partial charge on any atom is 0.418 e. The highest BCUT2D eigenvalue weighted by Crippen LogP contribution is 2.41. The lowest BCUT2D eigenvalue weighted by molar-refractivity contribution is -0.136. The van der Waals surface area contributed by atoms with Gasteiger partial charge in [-0.3, -0.25) is 0 Å². The number of aryl methyl sites for hydroxylation is 1. The van der Waals surface area contributed by atoms with Crippen LogP contribution in [0, 0.1) is 0 Å². The molecule has 2 aromatic heterocycles. The van der Waals surface area contributed by atoms with E-state index in [2.05, 4.69) is 22.2 Å². The Bertz CT molecular complexity index is 1170. The lowest BCUT2D eigenvalue weighted by Gasteiger charge is -2.15. The van der Waals surface area contributed by atoms with Gasteiger partial charge in [-0.2, -0.15) is 13.2 Å². The van der Waals surface area contributed by atoms with Crippen molar-refractivity contribution in [1.82, 2.24) is 9.97 Å². The van der Waals surface area contributed by atoms with Crippen molar-refractivity contribution in [1.29, 1.82) is 0 Å². The van der Waals surface area contributed by atoms with Gasteiger partial charge in [0, 0.05) is 16.0 Å². The third-order valence-corrected chi connectivity index (χ3v) is 5.70. The highest BCUT2D eigenvalue weighted by atomic mass is 35.5. The first kappa shape index (κ1) is 19.7. The van der Waals surface area contributed by atoms with Gasteiger partial charge in [0.15, 0.2) is 0 Å². The fraction of sp³-hybridized carbons (Fsp3) is 0.143. The van der Waals surface area contributed by atoms with Gasteiger partial charge in [-0.05, 0) is 35.7 Å². The molecule has 2 heterocycles. The molecule has 0 aliphatic carbocycles. The normalized spacial score (nSPS) is 11.8. The third kappa shape index (κ3) is 3.93. The van der Waals surface area contributed by atoms with Crippen LogP contribution in [0.25, 0.3) is 21.3 Å². The molecule has 0 atom stereocenters. The van der Waals surface area contributed by atoms with Crippen molar-refractivity contribution in [2.75, 3.05) is 5.32 Å². The Morgan fingerprint density at radius 3 is 2.52 bits per heavy atom. The van der Waals surface area contributed by atoms with E-state index >= 15 is 0 Å². The number of benzene rings is 2. The molecule has 3 nitrogen and oxygen atoms in total. The fourth-order valence-corrected chi connectivity index (χ4v) is 4.18. The number of halogens is 4. The average molecular weight is 434 g/mol. The van der Waals surface area contributed by atoms with E-state index in [0.29, 0.717) is 16.0 Å². The number of nitrogens with one attached hydrogen (secondary N) is 1. The van der Waals surface area contributed by atoms with Crippen molar-refractivity contribution < 1.29 is 13.2 Å². The minimum absolute atomic E-state index is 0.0166. The summed E-state index contributed by atoms with van der Waals surface area (Å²) in [6, 6.07) is 11.7. The minimum Gasteiger partial charge on any atom is -0.339 e. The maximum atomic E-state index is 13.5. The minimum atomic E-state index is -4.55. The number of anilines is 2. The van der Waals surface area contributed by atoms with Crippen molar-refractivity contribution in [2.45, 2.75) is 19.5 Å². The van der Waals surface area contributed by atoms with E-state index in [1.54, 1.807) is 0 Å². The smallest absolute Gasteiger partial charge is 0.339 e. The van der Waals surface area contributed by atoms with Crippen molar-refractivity contribution in [3.63, 3.8) is 0 Å². The van der Waals surface area contributed by atoms with Crippen LogP contribution in [-0.2, 0) is 12.6 Å². The highest BCUT2D eigenvalue weighted by Gasteiger charge is 2.34. The molecule has 0 spiro atoms. The highest BCUT2D eigenvalue weighted by molar-refractivity contribution is 7.17. The summed E-state index contributed by atoms with van der Waals surface area (Å²) in [5.74, 6) is 0.318. The molecule has 29 heavy (non-hydrogen) atoms. The molecule has 0 fully saturated rings. The van der Waals surface area contributed by atoms with E-state index in [-0.39, 0.29) is 10.7 Å². The first-order chi connectivity index (χ1) is 13.9. The van der Waals surface area contributed by atoms with Crippen LogP contribution in [-0.4, -0.2) is 9.97 Å². The molecular weight excluding hydrogens is 419 g/mol. The first-order valence-corrected chi connectivity index (χ1v) is 10.1. The molecular formula is C21H15ClF3N3S. The summed E-state index contributed by atoms with van der Waals surface area (Å²) >= 11 is 7.20. The molecule has 0 saturated carbocycles. The number of nitrogens with zero attached hydrogens (tertiary/aromatic N) is 2. The van der Waals surface area contributed by atoms with Crippen LogP contribution in [0.15, 0.2) is 54.2 Å². The number of hydrogen-bond acceptors (Lipinski definition) is 4. The first-order valence-electron chi connectivity index (χ1n) is 8.82. The largest absolute Gasteiger partial charge is 0.418 e. The lowest BCUT2D eigenvalue weighted by Crippen LogP contribution is -2.09. The molecule has 8 heteroatoms. The van der Waals surface area contributed by atoms with Crippen molar-refractivity contribution >= 4 is 44.7 Å². The zero-order valence-corrected chi connectivity index (χ0v) is 16.8. The molecule has 4 aromatic rings. The Labute approximate surface area is 174 Å². The van der Waals surface area contributed by atoms with E-state index in [1.807, 2.05) is 29.6 Å². The van der Waals surface area contributed by atoms with Crippen LogP contribution < -0.4 is 5.32 Å². The topological polar surface area (TPSA) is 37.8 Å². The second-order valence-corrected chi connectivity index (χ2v) is 7.71. The predicted molar refractivity (Wildman–Crippen MR) is 112 cm³/mol. The lowest BCUT2D eigenvalue weighted by atomic mass is 10.0. The van der Waals surface area contributed by atoms with Crippen LogP contribution >= 0.6 is 22.9 Å². The van der Waals surface area contributed by atoms with Gasteiger partial charge >= 0.3 is 6.18 Å². The van der Waals surface area contributed by atoms with Gasteiger partial charge in [0.05, 0.1) is 16.6 Å². The van der Waals surface area contributed by atoms with Crippen LogP contribution in [0.5, 0.6) is 0 Å². The molecule has 0 aliphatic rings. The summed E-state index contributed by atoms with van der Waals surface area (Å²) in [7, 11) is 0. The Kier molecular flexibility index (Phi) is 5.19. The van der Waals surface area contributed by atoms with Gasteiger partial charge in [-0.1, -0.05) is 42.8 Å².